The molecule has 1 fully saturated rings. The van der Waals surface area contributed by atoms with E-state index in [1.165, 1.54) is 12.1 Å². The molecule has 1 saturated carbocycles. The van der Waals surface area contributed by atoms with Crippen molar-refractivity contribution in [2.75, 3.05) is 11.9 Å². The van der Waals surface area contributed by atoms with Gasteiger partial charge in [0.1, 0.15) is 11.6 Å². The Bertz CT molecular complexity index is 670. The van der Waals surface area contributed by atoms with Crippen molar-refractivity contribution in [3.8, 4) is 0 Å². The van der Waals surface area contributed by atoms with Crippen molar-refractivity contribution in [2.45, 2.75) is 31.7 Å². The van der Waals surface area contributed by atoms with Crippen molar-refractivity contribution in [1.82, 2.24) is 10.3 Å². The van der Waals surface area contributed by atoms with Crippen LogP contribution in [-0.2, 0) is 0 Å². The van der Waals surface area contributed by atoms with Gasteiger partial charge in [-0.05, 0) is 42.7 Å². The monoisotopic (exact) mass is 313 g/mol. The van der Waals surface area contributed by atoms with Crippen LogP contribution in [0.3, 0.4) is 0 Å². The molecule has 0 spiro atoms. The van der Waals surface area contributed by atoms with E-state index in [2.05, 4.69) is 15.6 Å². The minimum atomic E-state index is -0.211. The summed E-state index contributed by atoms with van der Waals surface area (Å²) in [7, 11) is 0. The number of benzene rings is 1. The number of carbonyl (C=O) groups excluding carboxylic acids is 1. The molecule has 1 aliphatic rings. The summed E-state index contributed by atoms with van der Waals surface area (Å²) in [6.07, 6.45) is 3.50. The van der Waals surface area contributed by atoms with Gasteiger partial charge < -0.3 is 10.6 Å². The first-order valence-corrected chi connectivity index (χ1v) is 7.93. The fraction of sp³-hybridized carbons (Fsp3) is 0.333. The van der Waals surface area contributed by atoms with Gasteiger partial charge in [0.15, 0.2) is 0 Å². The number of amides is 1. The molecule has 1 heterocycles. The molecular weight excluding hydrogens is 293 g/mol. The molecule has 0 unspecified atom stereocenters. The lowest BCUT2D eigenvalue weighted by atomic mass is 10.1. The second kappa shape index (κ2) is 6.77. The van der Waals surface area contributed by atoms with Gasteiger partial charge in [-0.1, -0.05) is 19.1 Å². The van der Waals surface area contributed by atoms with E-state index in [9.17, 15) is 9.18 Å². The van der Waals surface area contributed by atoms with Gasteiger partial charge in [-0.2, -0.15) is 0 Å². The zero-order valence-corrected chi connectivity index (χ0v) is 13.1. The lowest BCUT2D eigenvalue weighted by molar-refractivity contribution is 0.0953. The van der Waals surface area contributed by atoms with Crippen molar-refractivity contribution in [1.29, 1.82) is 0 Å². The van der Waals surface area contributed by atoms with E-state index < -0.39 is 0 Å². The van der Waals surface area contributed by atoms with Crippen LogP contribution in [0.25, 0.3) is 0 Å². The average molecular weight is 313 g/mol. The molecular formula is C18H20FN3O. The lowest BCUT2D eigenvalue weighted by Gasteiger charge is -2.07. The minimum Gasteiger partial charge on any atom is -0.367 e. The van der Waals surface area contributed by atoms with Gasteiger partial charge in [-0.15, -0.1) is 0 Å². The van der Waals surface area contributed by atoms with Crippen LogP contribution in [0.2, 0.25) is 0 Å². The van der Waals surface area contributed by atoms with Gasteiger partial charge in [0.05, 0.1) is 5.56 Å². The fourth-order valence-corrected chi connectivity index (χ4v) is 2.58. The van der Waals surface area contributed by atoms with Gasteiger partial charge in [0.2, 0.25) is 0 Å². The van der Waals surface area contributed by atoms with Crippen molar-refractivity contribution in [3.05, 3.63) is 59.5 Å². The maximum absolute atomic E-state index is 12.9. The van der Waals surface area contributed by atoms with Crippen molar-refractivity contribution >= 4 is 11.7 Å². The van der Waals surface area contributed by atoms with E-state index in [0.29, 0.717) is 24.1 Å². The molecule has 0 saturated heterocycles. The normalized spacial score (nSPS) is 19.2. The molecule has 0 aliphatic heterocycles. The van der Waals surface area contributed by atoms with Gasteiger partial charge in [0, 0.05) is 24.7 Å². The Morgan fingerprint density at radius 2 is 2.04 bits per heavy atom. The molecule has 23 heavy (non-hydrogen) atoms. The highest BCUT2D eigenvalue weighted by molar-refractivity contribution is 5.94. The van der Waals surface area contributed by atoms with Crippen LogP contribution in [-0.4, -0.2) is 23.5 Å². The van der Waals surface area contributed by atoms with Crippen LogP contribution < -0.4 is 10.6 Å². The summed E-state index contributed by atoms with van der Waals surface area (Å²) in [5, 5.41) is 6.18. The third kappa shape index (κ3) is 3.86. The number of hydrogen-bond acceptors (Lipinski definition) is 3. The summed E-state index contributed by atoms with van der Waals surface area (Å²) in [5.41, 5.74) is 1.70. The Hall–Kier alpha value is -2.43. The number of nitrogens with zero attached hydrogens (tertiary/aromatic N) is 1. The fourth-order valence-electron chi connectivity index (χ4n) is 2.58. The van der Waals surface area contributed by atoms with Gasteiger partial charge in [-0.25, -0.2) is 9.37 Å². The summed E-state index contributed by atoms with van der Waals surface area (Å²) < 4.78 is 12.9. The number of carbonyl (C=O) groups is 1. The van der Waals surface area contributed by atoms with Crippen LogP contribution in [0.1, 0.15) is 41.6 Å². The lowest BCUT2D eigenvalue weighted by Crippen LogP contribution is -2.24. The van der Waals surface area contributed by atoms with Crippen molar-refractivity contribution in [2.24, 2.45) is 0 Å². The second-order valence-corrected chi connectivity index (χ2v) is 5.83. The second-order valence-electron chi connectivity index (χ2n) is 5.83. The highest BCUT2D eigenvalue weighted by atomic mass is 19.1. The molecule has 3 rings (SSSR count). The standard InChI is InChI=1S/C18H20FN3O/c1-2-9-20-18(23)13-5-8-17(21-11-13)22-16-10-15(16)12-3-6-14(19)7-4-12/h3-8,11,15-16H,2,9-10H2,1H3,(H,20,23)(H,21,22)/t15-,16+/m0/s1. The maximum Gasteiger partial charge on any atom is 0.252 e. The van der Waals surface area contributed by atoms with Crippen LogP contribution in [0.4, 0.5) is 10.2 Å². The first-order chi connectivity index (χ1) is 11.2. The van der Waals surface area contributed by atoms with Crippen LogP contribution in [0, 0.1) is 5.82 Å². The summed E-state index contributed by atoms with van der Waals surface area (Å²) in [6.45, 7) is 2.68. The Morgan fingerprint density at radius 3 is 2.70 bits per heavy atom. The van der Waals surface area contributed by atoms with Crippen molar-refractivity contribution in [3.63, 3.8) is 0 Å². The summed E-state index contributed by atoms with van der Waals surface area (Å²) in [4.78, 5) is 16.1. The van der Waals surface area contributed by atoms with E-state index >= 15 is 0 Å². The Morgan fingerprint density at radius 1 is 1.26 bits per heavy atom. The molecule has 1 amide bonds. The third-order valence-corrected chi connectivity index (χ3v) is 3.98. The van der Waals surface area contributed by atoms with E-state index in [1.54, 1.807) is 12.3 Å². The van der Waals surface area contributed by atoms with E-state index in [1.807, 2.05) is 25.1 Å². The summed E-state index contributed by atoms with van der Waals surface area (Å²) in [6, 6.07) is 10.6. The van der Waals surface area contributed by atoms with E-state index in [-0.39, 0.29) is 11.7 Å². The number of halogens is 1. The van der Waals surface area contributed by atoms with Gasteiger partial charge in [0.25, 0.3) is 5.91 Å². The first kappa shape index (κ1) is 15.5. The zero-order chi connectivity index (χ0) is 16.2. The molecule has 4 nitrogen and oxygen atoms in total. The molecule has 0 bridgehead atoms. The highest BCUT2D eigenvalue weighted by Crippen LogP contribution is 2.42. The Kier molecular flexibility index (Phi) is 4.55. The molecule has 1 aliphatic carbocycles. The smallest absolute Gasteiger partial charge is 0.252 e. The predicted octanol–water partition coefficient (Wildman–Crippen LogP) is 3.33. The molecule has 2 N–H and O–H groups in total. The molecule has 1 aromatic heterocycles. The van der Waals surface area contributed by atoms with Crippen molar-refractivity contribution < 1.29 is 9.18 Å². The van der Waals surface area contributed by atoms with Gasteiger partial charge in [-0.3, -0.25) is 4.79 Å². The summed E-state index contributed by atoms with van der Waals surface area (Å²) >= 11 is 0. The van der Waals surface area contributed by atoms with Gasteiger partial charge >= 0.3 is 0 Å². The third-order valence-electron chi connectivity index (χ3n) is 3.98. The zero-order valence-electron chi connectivity index (χ0n) is 13.1. The topological polar surface area (TPSA) is 54.0 Å². The number of anilines is 1. The van der Waals surface area contributed by atoms with Crippen LogP contribution in [0.5, 0.6) is 0 Å². The predicted molar refractivity (Wildman–Crippen MR) is 88.0 cm³/mol. The molecule has 2 atom stereocenters. The minimum absolute atomic E-state index is 0.0958. The number of hydrogen-bond donors (Lipinski definition) is 2. The SMILES string of the molecule is CCCNC(=O)c1ccc(N[C@@H]2C[C@H]2c2ccc(F)cc2)nc1. The quantitative estimate of drug-likeness (QED) is 0.860. The largest absolute Gasteiger partial charge is 0.367 e. The average Bonchev–Trinajstić information content (AvgIpc) is 3.33. The van der Waals surface area contributed by atoms with E-state index in [4.69, 9.17) is 0 Å². The first-order valence-electron chi connectivity index (χ1n) is 7.93. The molecule has 1 aromatic carbocycles. The van der Waals surface area contributed by atoms with E-state index in [0.717, 1.165) is 24.2 Å². The van der Waals surface area contributed by atoms with Crippen LogP contribution in [0.15, 0.2) is 42.6 Å². The molecule has 5 heteroatoms. The molecule has 0 radical (unpaired) electrons. The van der Waals surface area contributed by atoms with Crippen LogP contribution >= 0.6 is 0 Å². The highest BCUT2D eigenvalue weighted by Gasteiger charge is 2.38. The summed E-state index contributed by atoms with van der Waals surface area (Å²) in [5.74, 6) is 0.843. The Labute approximate surface area is 135 Å². The Balaban J connectivity index is 1.55. The molecule has 2 aromatic rings. The number of aromatic nitrogens is 1. The molecule has 120 valence electrons. The maximum atomic E-state index is 12.9. The number of pyridine rings is 1. The number of rotatable bonds is 6. The number of nitrogens with one attached hydrogen (secondary N) is 2.